The van der Waals surface area contributed by atoms with Gasteiger partial charge in [-0.15, -0.1) is 0 Å². The van der Waals surface area contributed by atoms with E-state index in [1.807, 2.05) is 0 Å². The topological polar surface area (TPSA) is 105 Å². The van der Waals surface area contributed by atoms with Gasteiger partial charge in [0.05, 0.1) is 17.2 Å². The number of hydrogen-bond donors (Lipinski definition) is 2. The molecule has 2 aromatic rings. The number of carbonyl (C=O) groups excluding carboxylic acids is 3. The average Bonchev–Trinajstić information content (AvgIpc) is 2.69. The Labute approximate surface area is 173 Å². The Balaban J connectivity index is 1.95. The Morgan fingerprint density at radius 1 is 1.10 bits per heavy atom. The van der Waals surface area contributed by atoms with Crippen LogP contribution in [0, 0.1) is 0 Å². The molecule has 2 N–H and O–H groups in total. The van der Waals surface area contributed by atoms with E-state index in [0.29, 0.717) is 11.3 Å². The van der Waals surface area contributed by atoms with E-state index < -0.39 is 18.5 Å². The maximum Gasteiger partial charge on any atom is 0.338 e. The predicted octanol–water partition coefficient (Wildman–Crippen LogP) is 2.94. The van der Waals surface area contributed by atoms with Crippen LogP contribution in [0.3, 0.4) is 0 Å². The van der Waals surface area contributed by atoms with Gasteiger partial charge < -0.3 is 24.8 Å². The van der Waals surface area contributed by atoms with Crippen LogP contribution in [0.25, 0.3) is 0 Å². The largest absolute Gasteiger partial charge is 0.503 e. The summed E-state index contributed by atoms with van der Waals surface area (Å²) < 4.78 is 10.2. The summed E-state index contributed by atoms with van der Waals surface area (Å²) in [5.74, 6) is -1.74. The zero-order valence-corrected chi connectivity index (χ0v) is 16.9. The number of hydrogen-bond acceptors (Lipinski definition) is 6. The number of amides is 2. The van der Waals surface area contributed by atoms with Gasteiger partial charge in [-0.1, -0.05) is 11.6 Å². The van der Waals surface area contributed by atoms with Crippen LogP contribution in [-0.2, 0) is 9.53 Å². The molecule has 0 unspecified atom stereocenters. The molecule has 9 heteroatoms. The fourth-order valence-corrected chi connectivity index (χ4v) is 2.53. The number of rotatable bonds is 7. The quantitative estimate of drug-likeness (QED) is 0.667. The number of phenolic OH excluding ortho intramolecular Hbond substituents is 1. The van der Waals surface area contributed by atoms with Gasteiger partial charge in [0, 0.05) is 25.3 Å². The molecule has 8 nitrogen and oxygen atoms in total. The fourth-order valence-electron chi connectivity index (χ4n) is 2.32. The normalized spacial score (nSPS) is 10.2. The third kappa shape index (κ3) is 5.86. The fraction of sp³-hybridized carbons (Fsp3) is 0.250. The molecule has 0 heterocycles. The summed E-state index contributed by atoms with van der Waals surface area (Å²) in [6, 6.07) is 8.82. The van der Waals surface area contributed by atoms with Crippen molar-refractivity contribution in [3.63, 3.8) is 0 Å². The molecule has 0 bridgehead atoms. The lowest BCUT2D eigenvalue weighted by atomic mass is 10.2. The van der Waals surface area contributed by atoms with Crippen molar-refractivity contribution in [2.45, 2.75) is 6.92 Å². The zero-order valence-electron chi connectivity index (χ0n) is 16.2. The van der Waals surface area contributed by atoms with Crippen molar-refractivity contribution in [2.24, 2.45) is 0 Å². The van der Waals surface area contributed by atoms with Gasteiger partial charge >= 0.3 is 5.97 Å². The molecule has 0 atom stereocenters. The minimum Gasteiger partial charge on any atom is -0.503 e. The van der Waals surface area contributed by atoms with Gasteiger partial charge in [-0.05, 0) is 43.3 Å². The highest BCUT2D eigenvalue weighted by molar-refractivity contribution is 6.32. The van der Waals surface area contributed by atoms with Gasteiger partial charge in [0.1, 0.15) is 0 Å². The molecule has 0 fully saturated rings. The Bertz CT molecular complexity index is 912. The van der Waals surface area contributed by atoms with Crippen LogP contribution in [0.4, 0.5) is 5.69 Å². The van der Waals surface area contributed by atoms with Crippen LogP contribution in [0.5, 0.6) is 11.5 Å². The number of nitrogens with one attached hydrogen (secondary N) is 1. The van der Waals surface area contributed by atoms with E-state index in [1.54, 1.807) is 45.3 Å². The first-order valence-electron chi connectivity index (χ1n) is 8.67. The van der Waals surface area contributed by atoms with Gasteiger partial charge in [0.2, 0.25) is 0 Å². The lowest BCUT2D eigenvalue weighted by Crippen LogP contribution is -2.22. The van der Waals surface area contributed by atoms with Crippen LogP contribution >= 0.6 is 11.6 Å². The van der Waals surface area contributed by atoms with E-state index in [-0.39, 0.29) is 34.6 Å². The molecule has 2 rings (SSSR count). The highest BCUT2D eigenvalue weighted by Gasteiger charge is 2.17. The van der Waals surface area contributed by atoms with Crippen molar-refractivity contribution in [3.05, 3.63) is 52.5 Å². The Hall–Kier alpha value is -3.26. The Morgan fingerprint density at radius 2 is 1.76 bits per heavy atom. The van der Waals surface area contributed by atoms with Crippen molar-refractivity contribution in [1.29, 1.82) is 0 Å². The number of ether oxygens (including phenoxy) is 2. The smallest absolute Gasteiger partial charge is 0.338 e. The molecule has 0 spiro atoms. The van der Waals surface area contributed by atoms with Crippen LogP contribution in [0.2, 0.25) is 5.02 Å². The molecule has 2 aromatic carbocycles. The number of esters is 1. The second-order valence-electron chi connectivity index (χ2n) is 6.14. The lowest BCUT2D eigenvalue weighted by Gasteiger charge is -2.11. The summed E-state index contributed by atoms with van der Waals surface area (Å²) in [6.07, 6.45) is 0. The second kappa shape index (κ2) is 9.79. The van der Waals surface area contributed by atoms with Crippen LogP contribution in [-0.4, -0.2) is 55.1 Å². The van der Waals surface area contributed by atoms with Crippen LogP contribution < -0.4 is 10.1 Å². The van der Waals surface area contributed by atoms with Crippen molar-refractivity contribution < 1.29 is 29.0 Å². The summed E-state index contributed by atoms with van der Waals surface area (Å²) in [5.41, 5.74) is 0.969. The first kappa shape index (κ1) is 22.0. The van der Waals surface area contributed by atoms with Gasteiger partial charge in [0.25, 0.3) is 11.8 Å². The number of benzene rings is 2. The SMILES string of the molecule is CCOc1cc(C(=O)OCC(=O)Nc2ccc(C(=O)N(C)C)cc2)cc(Cl)c1O. The molecule has 0 aliphatic rings. The molecule has 0 aliphatic carbocycles. The van der Waals surface area contributed by atoms with Crippen LogP contribution in [0.15, 0.2) is 36.4 Å². The number of phenols is 1. The number of carbonyl (C=O) groups is 3. The first-order chi connectivity index (χ1) is 13.7. The van der Waals surface area contributed by atoms with Gasteiger partial charge in [-0.2, -0.15) is 0 Å². The number of anilines is 1. The molecule has 0 saturated carbocycles. The zero-order chi connectivity index (χ0) is 21.6. The minimum atomic E-state index is -0.796. The standard InChI is InChI=1S/C20H21ClN2O6/c1-4-28-16-10-13(9-15(21)18(16)25)20(27)29-11-17(24)22-14-7-5-12(6-8-14)19(26)23(2)3/h5-10,25H,4,11H2,1-3H3,(H,22,24). The maximum absolute atomic E-state index is 12.2. The van der Waals surface area contributed by atoms with E-state index in [4.69, 9.17) is 21.1 Å². The third-order valence-corrected chi connectivity index (χ3v) is 4.01. The molecule has 154 valence electrons. The summed E-state index contributed by atoms with van der Waals surface area (Å²) in [4.78, 5) is 37.5. The number of aromatic hydroxyl groups is 1. The third-order valence-electron chi connectivity index (χ3n) is 3.72. The van der Waals surface area contributed by atoms with Gasteiger partial charge in [-0.25, -0.2) is 4.79 Å². The van der Waals surface area contributed by atoms with Crippen molar-refractivity contribution in [3.8, 4) is 11.5 Å². The molecular formula is C20H21ClN2O6. The number of nitrogens with zero attached hydrogens (tertiary/aromatic N) is 1. The monoisotopic (exact) mass is 420 g/mol. The molecule has 29 heavy (non-hydrogen) atoms. The van der Waals surface area contributed by atoms with Crippen LogP contribution in [0.1, 0.15) is 27.6 Å². The summed E-state index contributed by atoms with van der Waals surface area (Å²) in [5, 5.41) is 12.3. The average molecular weight is 421 g/mol. The molecule has 2 amide bonds. The highest BCUT2D eigenvalue weighted by atomic mass is 35.5. The van der Waals surface area contributed by atoms with E-state index in [0.717, 1.165) is 0 Å². The summed E-state index contributed by atoms with van der Waals surface area (Å²) in [7, 11) is 3.29. The van der Waals surface area contributed by atoms with E-state index in [1.165, 1.54) is 17.0 Å². The van der Waals surface area contributed by atoms with E-state index in [9.17, 15) is 19.5 Å². The summed E-state index contributed by atoms with van der Waals surface area (Å²) in [6.45, 7) is 1.45. The number of halogens is 1. The van der Waals surface area contributed by atoms with Crippen molar-refractivity contribution in [2.75, 3.05) is 32.6 Å². The van der Waals surface area contributed by atoms with Gasteiger partial charge in [0.15, 0.2) is 18.1 Å². The van der Waals surface area contributed by atoms with E-state index in [2.05, 4.69) is 5.32 Å². The Morgan fingerprint density at radius 3 is 2.34 bits per heavy atom. The molecular weight excluding hydrogens is 400 g/mol. The Kier molecular flexibility index (Phi) is 7.44. The minimum absolute atomic E-state index is 0.0376. The van der Waals surface area contributed by atoms with Crippen molar-refractivity contribution in [1.82, 2.24) is 4.90 Å². The molecule has 0 saturated heterocycles. The highest BCUT2D eigenvalue weighted by Crippen LogP contribution is 2.35. The maximum atomic E-state index is 12.2. The van der Waals surface area contributed by atoms with E-state index >= 15 is 0 Å². The first-order valence-corrected chi connectivity index (χ1v) is 9.04. The lowest BCUT2D eigenvalue weighted by molar-refractivity contribution is -0.119. The predicted molar refractivity (Wildman–Crippen MR) is 108 cm³/mol. The van der Waals surface area contributed by atoms with Crippen molar-refractivity contribution >= 4 is 35.1 Å². The van der Waals surface area contributed by atoms with Gasteiger partial charge in [-0.3, -0.25) is 9.59 Å². The molecule has 0 aliphatic heterocycles. The second-order valence-corrected chi connectivity index (χ2v) is 6.55. The molecule has 0 aromatic heterocycles. The summed E-state index contributed by atoms with van der Waals surface area (Å²) >= 11 is 5.88. The molecule has 0 radical (unpaired) electrons.